The standard InChI is InChI=1S/C15H14IN3O2/c16-13-9-12(19(20)21)5-6-15(13)18-8-7-17-10-11-3-1-2-4-14(11)18/h1-6,9,17H,7-8,10H2. The zero-order valence-electron chi connectivity index (χ0n) is 11.3. The van der Waals surface area contributed by atoms with Crippen LogP contribution in [0.2, 0.25) is 0 Å². The number of fused-ring (bicyclic) bond motifs is 1. The first-order chi connectivity index (χ1) is 10.2. The summed E-state index contributed by atoms with van der Waals surface area (Å²) >= 11 is 2.17. The van der Waals surface area contributed by atoms with E-state index >= 15 is 0 Å². The predicted molar refractivity (Wildman–Crippen MR) is 91.0 cm³/mol. The molecule has 0 aliphatic carbocycles. The molecule has 0 unspecified atom stereocenters. The monoisotopic (exact) mass is 395 g/mol. The van der Waals surface area contributed by atoms with Crippen LogP contribution in [0.3, 0.4) is 0 Å². The number of non-ortho nitro benzene ring substituents is 1. The molecule has 1 aliphatic heterocycles. The van der Waals surface area contributed by atoms with Crippen LogP contribution >= 0.6 is 22.6 Å². The number of rotatable bonds is 2. The van der Waals surface area contributed by atoms with Crippen LogP contribution < -0.4 is 10.2 Å². The summed E-state index contributed by atoms with van der Waals surface area (Å²) in [4.78, 5) is 12.7. The summed E-state index contributed by atoms with van der Waals surface area (Å²) in [7, 11) is 0. The van der Waals surface area contributed by atoms with Gasteiger partial charge in [0.15, 0.2) is 0 Å². The van der Waals surface area contributed by atoms with Crippen LogP contribution in [0, 0.1) is 13.7 Å². The first-order valence-corrected chi connectivity index (χ1v) is 7.75. The molecule has 3 rings (SSSR count). The molecule has 0 saturated heterocycles. The van der Waals surface area contributed by atoms with Gasteiger partial charge in [-0.25, -0.2) is 0 Å². The van der Waals surface area contributed by atoms with Crippen molar-refractivity contribution in [1.82, 2.24) is 5.32 Å². The highest BCUT2D eigenvalue weighted by atomic mass is 127. The molecule has 5 nitrogen and oxygen atoms in total. The van der Waals surface area contributed by atoms with Crippen LogP contribution in [0.4, 0.5) is 17.1 Å². The number of nitrogens with zero attached hydrogens (tertiary/aromatic N) is 2. The van der Waals surface area contributed by atoms with Crippen molar-refractivity contribution in [3.05, 3.63) is 61.7 Å². The van der Waals surface area contributed by atoms with Gasteiger partial charge in [0, 0.05) is 41.0 Å². The molecule has 0 saturated carbocycles. The number of anilines is 2. The maximum Gasteiger partial charge on any atom is 0.270 e. The fraction of sp³-hybridized carbons (Fsp3) is 0.200. The van der Waals surface area contributed by atoms with Gasteiger partial charge < -0.3 is 10.2 Å². The zero-order chi connectivity index (χ0) is 14.8. The average Bonchev–Trinajstić information content (AvgIpc) is 2.69. The third-order valence-corrected chi connectivity index (χ3v) is 4.41. The summed E-state index contributed by atoms with van der Waals surface area (Å²) in [6.07, 6.45) is 0. The first kappa shape index (κ1) is 14.3. The van der Waals surface area contributed by atoms with Crippen LogP contribution in [0.15, 0.2) is 42.5 Å². The Morgan fingerprint density at radius 1 is 1.19 bits per heavy atom. The van der Waals surface area contributed by atoms with Crippen LogP contribution in [0.1, 0.15) is 5.56 Å². The van der Waals surface area contributed by atoms with Gasteiger partial charge in [0.25, 0.3) is 5.69 Å². The van der Waals surface area contributed by atoms with Gasteiger partial charge in [0.05, 0.1) is 10.6 Å². The molecule has 21 heavy (non-hydrogen) atoms. The molecule has 0 atom stereocenters. The Hall–Kier alpha value is -1.67. The van der Waals surface area contributed by atoms with E-state index in [0.29, 0.717) is 0 Å². The van der Waals surface area contributed by atoms with Gasteiger partial charge in [0.2, 0.25) is 0 Å². The highest BCUT2D eigenvalue weighted by Gasteiger charge is 2.19. The number of benzene rings is 2. The van der Waals surface area contributed by atoms with Gasteiger partial charge in [-0.3, -0.25) is 10.1 Å². The molecule has 108 valence electrons. The maximum atomic E-state index is 10.9. The minimum Gasteiger partial charge on any atom is -0.339 e. The molecule has 1 N–H and O–H groups in total. The molecule has 0 amide bonds. The van der Waals surface area contributed by atoms with Crippen LogP contribution in [-0.4, -0.2) is 18.0 Å². The molecule has 2 aromatic rings. The lowest BCUT2D eigenvalue weighted by Gasteiger charge is -2.25. The van der Waals surface area contributed by atoms with Crippen molar-refractivity contribution in [2.24, 2.45) is 0 Å². The number of para-hydroxylation sites is 1. The van der Waals surface area contributed by atoms with Crippen molar-refractivity contribution < 1.29 is 4.92 Å². The summed E-state index contributed by atoms with van der Waals surface area (Å²) in [5.74, 6) is 0. The smallest absolute Gasteiger partial charge is 0.270 e. The summed E-state index contributed by atoms with van der Waals surface area (Å²) in [6.45, 7) is 2.56. The molecule has 2 aromatic carbocycles. The van der Waals surface area contributed by atoms with E-state index in [0.717, 1.165) is 34.6 Å². The van der Waals surface area contributed by atoms with E-state index in [1.54, 1.807) is 12.1 Å². The van der Waals surface area contributed by atoms with Gasteiger partial charge in [0.1, 0.15) is 0 Å². The Morgan fingerprint density at radius 3 is 2.76 bits per heavy atom. The van der Waals surface area contributed by atoms with E-state index in [2.05, 4.69) is 44.9 Å². The van der Waals surface area contributed by atoms with E-state index in [1.165, 1.54) is 5.56 Å². The topological polar surface area (TPSA) is 58.4 Å². The van der Waals surface area contributed by atoms with E-state index in [1.807, 2.05) is 18.2 Å². The third kappa shape index (κ3) is 2.86. The lowest BCUT2D eigenvalue weighted by molar-refractivity contribution is -0.384. The maximum absolute atomic E-state index is 10.9. The molecule has 6 heteroatoms. The SMILES string of the molecule is O=[N+]([O-])c1ccc(N2CCNCc3ccccc32)c(I)c1. The van der Waals surface area contributed by atoms with E-state index in [4.69, 9.17) is 0 Å². The molecule has 0 radical (unpaired) electrons. The fourth-order valence-electron chi connectivity index (χ4n) is 2.54. The van der Waals surface area contributed by atoms with Gasteiger partial charge in [-0.1, -0.05) is 18.2 Å². The number of nitrogens with one attached hydrogen (secondary N) is 1. The van der Waals surface area contributed by atoms with Crippen molar-refractivity contribution in [2.45, 2.75) is 6.54 Å². The largest absolute Gasteiger partial charge is 0.339 e. The second-order valence-corrected chi connectivity index (χ2v) is 6.01. The van der Waals surface area contributed by atoms with Crippen molar-refractivity contribution in [1.29, 1.82) is 0 Å². The van der Waals surface area contributed by atoms with Gasteiger partial charge >= 0.3 is 0 Å². The Balaban J connectivity index is 2.06. The van der Waals surface area contributed by atoms with Crippen molar-refractivity contribution in [3.63, 3.8) is 0 Å². The molecular formula is C15H14IN3O2. The second kappa shape index (κ2) is 5.98. The zero-order valence-corrected chi connectivity index (χ0v) is 13.4. The Labute approximate surface area is 136 Å². The van der Waals surface area contributed by atoms with Crippen molar-refractivity contribution in [3.8, 4) is 0 Å². The van der Waals surface area contributed by atoms with E-state index < -0.39 is 0 Å². The highest BCUT2D eigenvalue weighted by molar-refractivity contribution is 14.1. The van der Waals surface area contributed by atoms with Crippen LogP contribution in [0.5, 0.6) is 0 Å². The minimum absolute atomic E-state index is 0.129. The number of hydrogen-bond donors (Lipinski definition) is 1. The van der Waals surface area contributed by atoms with Crippen molar-refractivity contribution in [2.75, 3.05) is 18.0 Å². The number of hydrogen-bond acceptors (Lipinski definition) is 4. The van der Waals surface area contributed by atoms with Gasteiger partial charge in [-0.2, -0.15) is 0 Å². The molecule has 0 aromatic heterocycles. The summed E-state index contributed by atoms with van der Waals surface area (Å²) in [5, 5.41) is 14.3. The summed E-state index contributed by atoms with van der Waals surface area (Å²) < 4.78 is 0.888. The molecule has 1 heterocycles. The Kier molecular flexibility index (Phi) is 4.07. The normalized spacial score (nSPS) is 14.4. The second-order valence-electron chi connectivity index (χ2n) is 4.85. The quantitative estimate of drug-likeness (QED) is 0.481. The Morgan fingerprint density at radius 2 is 2.00 bits per heavy atom. The van der Waals surface area contributed by atoms with Crippen LogP contribution in [0.25, 0.3) is 0 Å². The molecular weight excluding hydrogens is 381 g/mol. The van der Waals surface area contributed by atoms with Crippen molar-refractivity contribution >= 4 is 39.7 Å². The molecule has 1 aliphatic rings. The number of halogens is 1. The van der Waals surface area contributed by atoms with E-state index in [-0.39, 0.29) is 10.6 Å². The number of nitro groups is 1. The predicted octanol–water partition coefficient (Wildman–Crippen LogP) is 3.44. The Bertz CT molecular complexity index is 690. The average molecular weight is 395 g/mol. The van der Waals surface area contributed by atoms with Crippen LogP contribution in [-0.2, 0) is 6.54 Å². The van der Waals surface area contributed by atoms with Gasteiger partial charge in [-0.15, -0.1) is 0 Å². The third-order valence-electron chi connectivity index (χ3n) is 3.54. The summed E-state index contributed by atoms with van der Waals surface area (Å²) in [6, 6.07) is 13.3. The molecule has 0 bridgehead atoms. The summed E-state index contributed by atoms with van der Waals surface area (Å²) in [5.41, 5.74) is 3.54. The lowest BCUT2D eigenvalue weighted by Crippen LogP contribution is -2.25. The molecule has 0 spiro atoms. The lowest BCUT2D eigenvalue weighted by atomic mass is 10.1. The fourth-order valence-corrected chi connectivity index (χ4v) is 3.33. The van der Waals surface area contributed by atoms with E-state index in [9.17, 15) is 10.1 Å². The first-order valence-electron chi connectivity index (χ1n) is 6.67. The minimum atomic E-state index is -0.357. The highest BCUT2D eigenvalue weighted by Crippen LogP contribution is 2.34. The number of nitro benzene ring substituents is 1. The molecule has 0 fully saturated rings. The van der Waals surface area contributed by atoms with Gasteiger partial charge in [-0.05, 0) is 40.3 Å².